The van der Waals surface area contributed by atoms with Gasteiger partial charge in [-0.25, -0.2) is 42.9 Å². The van der Waals surface area contributed by atoms with Crippen molar-refractivity contribution in [3.8, 4) is 0 Å². The summed E-state index contributed by atoms with van der Waals surface area (Å²) in [6, 6.07) is 6.13. The summed E-state index contributed by atoms with van der Waals surface area (Å²) in [6.07, 6.45) is 16.9. The number of ether oxygens (including phenoxy) is 5. The maximum atomic E-state index is 11.9. The van der Waals surface area contributed by atoms with Crippen molar-refractivity contribution in [1.29, 1.82) is 0 Å². The zero-order chi connectivity index (χ0) is 42.9. The number of hydrogen-bond acceptors (Lipinski definition) is 17. The van der Waals surface area contributed by atoms with Crippen molar-refractivity contribution in [3.63, 3.8) is 0 Å². The van der Waals surface area contributed by atoms with Gasteiger partial charge in [-0.15, -0.1) is 0 Å². The first-order chi connectivity index (χ1) is 30.1. The standard InChI is InChI=1S/C14H16N4O3.C12H12N4O3.C9H8ClN3O2.C6H10O.Li.2H2O/c1-2-20-14(19)11-6-15-18-4-3-12(16-13(11)18)17-7-10-5-9(17)8-21-10;17-12(18)9-4-13-16-2-1-10(14-11(9)16)15-5-8-3-7(15)6-19-8;1-2-15-9(14)6-5-11-13-4-3-7(10)12-8(6)13;1-2-6-3-5(1)4-7-6;;;/h3-4,6,9-10H,2,5,7-8H2,1H3;1-2,4,7-8H,3,5-6H2,(H,17,18);3-5H,2H2,1H3;5-6H,1-4H2;;2*1H2/q;;;;+1;;/p-1/t9-,10-;7-,8-;;5-,6+;;;/m00.0.../s1. The Bertz CT molecular complexity index is 2590. The number of aromatic nitrogens is 9. The first-order valence-electron chi connectivity index (χ1n) is 20.8. The van der Waals surface area contributed by atoms with Crippen LogP contribution in [-0.2, 0) is 23.7 Å². The fourth-order valence-corrected chi connectivity index (χ4v) is 8.84. The molecule has 65 heavy (non-hydrogen) atoms. The molecule has 342 valence electrons. The van der Waals surface area contributed by atoms with E-state index in [1.807, 2.05) is 18.3 Å². The molecule has 0 amide bonds. The fraction of sp³-hybridized carbons (Fsp3) is 0.488. The van der Waals surface area contributed by atoms with Crippen LogP contribution < -0.4 is 28.7 Å². The number of fused-ring (bicyclic) bond motifs is 9. The minimum atomic E-state index is -1.01. The molecule has 6 aromatic rings. The maximum absolute atomic E-state index is 11.9. The van der Waals surface area contributed by atoms with E-state index in [4.69, 9.17) is 40.4 Å². The average Bonchev–Trinajstić information content (AvgIpc) is 4.14. The van der Waals surface area contributed by atoms with Gasteiger partial charge in [-0.2, -0.15) is 15.3 Å². The molecule has 0 radical (unpaired) electrons. The Morgan fingerprint density at radius 1 is 0.677 bits per heavy atom. The summed E-state index contributed by atoms with van der Waals surface area (Å²) in [7, 11) is 0. The Hall–Kier alpha value is -5.44. The smallest absolute Gasteiger partial charge is 0.870 e. The van der Waals surface area contributed by atoms with E-state index in [0.29, 0.717) is 70.7 Å². The van der Waals surface area contributed by atoms with E-state index in [2.05, 4.69) is 40.0 Å². The predicted molar refractivity (Wildman–Crippen MR) is 226 cm³/mol. The number of aromatic carboxylic acids is 1. The number of nitrogens with zero attached hydrogens (tertiary/aromatic N) is 11. The molecule has 5 saturated heterocycles. The quantitative estimate of drug-likeness (QED) is 0.126. The molecule has 24 heteroatoms. The van der Waals surface area contributed by atoms with E-state index in [1.54, 1.807) is 36.8 Å². The molecule has 6 bridgehead atoms. The van der Waals surface area contributed by atoms with Gasteiger partial charge in [0.25, 0.3) is 0 Å². The van der Waals surface area contributed by atoms with Gasteiger partial charge in [0.1, 0.15) is 33.5 Å². The van der Waals surface area contributed by atoms with Crippen LogP contribution in [0.1, 0.15) is 77.0 Å². The first-order valence-corrected chi connectivity index (χ1v) is 21.2. The van der Waals surface area contributed by atoms with Crippen LogP contribution in [0.4, 0.5) is 11.6 Å². The number of morpholine rings is 2. The van der Waals surface area contributed by atoms with E-state index >= 15 is 0 Å². The van der Waals surface area contributed by atoms with E-state index in [9.17, 15) is 14.4 Å². The summed E-state index contributed by atoms with van der Waals surface area (Å²) in [5.41, 5.74) is 2.17. The van der Waals surface area contributed by atoms with Crippen LogP contribution in [0.3, 0.4) is 0 Å². The molecule has 5 aliphatic heterocycles. The maximum Gasteiger partial charge on any atom is 1.00 e. The molecule has 1 saturated carbocycles. The molecule has 6 aliphatic rings. The molecular formula is C41H49ClLiN11O11. The number of esters is 2. The number of carbonyl (C=O) groups excluding carboxylic acids is 2. The Kier molecular flexibility index (Phi) is 16.0. The van der Waals surface area contributed by atoms with Gasteiger partial charge in [-0.3, -0.25) is 0 Å². The van der Waals surface area contributed by atoms with Crippen molar-refractivity contribution >= 4 is 58.1 Å². The number of halogens is 1. The minimum Gasteiger partial charge on any atom is -0.870 e. The summed E-state index contributed by atoms with van der Waals surface area (Å²) in [6.45, 7) is 8.39. The second kappa shape index (κ2) is 21.2. The number of hydrogen-bond donors (Lipinski definition) is 1. The van der Waals surface area contributed by atoms with Crippen LogP contribution in [0.25, 0.3) is 16.9 Å². The van der Waals surface area contributed by atoms with Crippen molar-refractivity contribution < 1.29 is 73.0 Å². The monoisotopic (exact) mass is 913 g/mol. The second-order valence-electron chi connectivity index (χ2n) is 15.7. The Morgan fingerprint density at radius 2 is 1.14 bits per heavy atom. The third kappa shape index (κ3) is 10.3. The van der Waals surface area contributed by atoms with Gasteiger partial charge in [0.15, 0.2) is 16.9 Å². The van der Waals surface area contributed by atoms with Gasteiger partial charge in [-0.05, 0) is 70.1 Å². The molecule has 11 heterocycles. The fourth-order valence-electron chi connectivity index (χ4n) is 8.71. The summed E-state index contributed by atoms with van der Waals surface area (Å²) in [4.78, 5) is 52.0. The average molecular weight is 914 g/mol. The molecule has 6 aromatic heterocycles. The van der Waals surface area contributed by atoms with Crippen LogP contribution in [-0.4, -0.2) is 154 Å². The van der Waals surface area contributed by atoms with Crippen molar-refractivity contribution in [2.24, 2.45) is 5.92 Å². The summed E-state index contributed by atoms with van der Waals surface area (Å²) in [5, 5.41) is 21.5. The largest absolute Gasteiger partial charge is 1.00 e. The van der Waals surface area contributed by atoms with Gasteiger partial charge in [0.2, 0.25) is 0 Å². The van der Waals surface area contributed by atoms with Crippen LogP contribution in [0.5, 0.6) is 0 Å². The predicted octanol–water partition coefficient (Wildman–Crippen LogP) is 0.0357. The molecule has 4 N–H and O–H groups in total. The topological polar surface area (TPSA) is 276 Å². The molecular weight excluding hydrogens is 865 g/mol. The summed E-state index contributed by atoms with van der Waals surface area (Å²) < 4.78 is 31.0. The number of carboxylic acids is 1. The van der Waals surface area contributed by atoms with Gasteiger partial charge >= 0.3 is 36.8 Å². The molecule has 6 atom stereocenters. The van der Waals surface area contributed by atoms with Gasteiger partial charge in [0.05, 0.1) is 75.4 Å². The van der Waals surface area contributed by atoms with E-state index in [1.165, 1.54) is 46.9 Å². The molecule has 0 aromatic carbocycles. The Labute approximate surface area is 388 Å². The summed E-state index contributed by atoms with van der Waals surface area (Å²) >= 11 is 5.72. The van der Waals surface area contributed by atoms with Crippen LogP contribution >= 0.6 is 11.6 Å². The van der Waals surface area contributed by atoms with Crippen molar-refractivity contribution in [2.75, 3.05) is 55.9 Å². The number of anilines is 2. The van der Waals surface area contributed by atoms with Gasteiger partial charge in [0, 0.05) is 38.3 Å². The Balaban J connectivity index is 0.000000148. The minimum absolute atomic E-state index is 0. The third-order valence-electron chi connectivity index (χ3n) is 11.7. The van der Waals surface area contributed by atoms with Gasteiger partial charge < -0.3 is 49.5 Å². The number of rotatable bonds is 7. The van der Waals surface area contributed by atoms with Crippen LogP contribution in [0.15, 0.2) is 55.4 Å². The zero-order valence-corrected chi connectivity index (χ0v) is 36.9. The molecule has 6 fully saturated rings. The number of carboxylic acid groups (broad SMARTS) is 1. The van der Waals surface area contributed by atoms with Crippen LogP contribution in [0.2, 0.25) is 5.15 Å². The SMILES string of the molecule is C1C[C@@H]2C[C@H]1CO2.CCOC(=O)c1cnn2ccc(Cl)nc12.CCOC(=O)c1cnn2ccc(N3C[C@@H]4C[C@H]3CO4)nc12.O.O=C(O)c1cnn2ccc(N3C[C@@H]4C[C@H]3CO4)nc12.[Li+].[OH-]. The molecule has 22 nitrogen and oxygen atoms in total. The molecule has 12 rings (SSSR count). The number of carbonyl (C=O) groups is 3. The molecule has 0 unspecified atom stereocenters. The third-order valence-corrected chi connectivity index (χ3v) is 11.9. The normalized spacial score (nSPS) is 22.8. The van der Waals surface area contributed by atoms with Crippen molar-refractivity contribution in [3.05, 3.63) is 77.2 Å². The molecule has 1 aliphatic carbocycles. The van der Waals surface area contributed by atoms with Crippen LogP contribution in [0, 0.1) is 5.92 Å². The van der Waals surface area contributed by atoms with Gasteiger partial charge in [-0.1, -0.05) is 11.6 Å². The first kappa shape index (κ1) is 49.0. The van der Waals surface area contributed by atoms with Crippen molar-refractivity contribution in [1.82, 2.24) is 43.8 Å². The second-order valence-corrected chi connectivity index (χ2v) is 16.1. The molecule has 0 spiro atoms. The summed E-state index contributed by atoms with van der Waals surface area (Å²) in [5.74, 6) is 0.775. The Morgan fingerprint density at radius 3 is 1.51 bits per heavy atom. The van der Waals surface area contributed by atoms with E-state index in [-0.39, 0.29) is 47.4 Å². The van der Waals surface area contributed by atoms with Crippen molar-refractivity contribution in [2.45, 2.75) is 76.3 Å². The van der Waals surface area contributed by atoms with E-state index < -0.39 is 11.9 Å². The van der Waals surface area contributed by atoms with E-state index in [0.717, 1.165) is 63.3 Å². The zero-order valence-electron chi connectivity index (χ0n) is 36.1.